The van der Waals surface area contributed by atoms with Crippen LogP contribution in [0.4, 0.5) is 5.82 Å². The fourth-order valence-electron chi connectivity index (χ4n) is 5.72. The van der Waals surface area contributed by atoms with Gasteiger partial charge in [-0.1, -0.05) is 18.2 Å². The molecule has 2 unspecified atom stereocenters. The zero-order valence-corrected chi connectivity index (χ0v) is 28.9. The van der Waals surface area contributed by atoms with Crippen LogP contribution < -0.4 is 22.3 Å². The van der Waals surface area contributed by atoms with E-state index in [1.54, 1.807) is 28.8 Å². The monoisotopic (exact) mass is 748 g/mol. The minimum absolute atomic E-state index is 0.00944. The number of benzene rings is 1. The number of aromatic amines is 1. The number of amides is 1. The van der Waals surface area contributed by atoms with Crippen molar-refractivity contribution in [3.63, 3.8) is 0 Å². The maximum Gasteiger partial charge on any atom is 0.391 e. The lowest BCUT2D eigenvalue weighted by Crippen LogP contribution is -2.40. The molecule has 2 aliphatic rings. The number of carbonyl (C=O) groups excluding carboxylic acids is 1. The van der Waals surface area contributed by atoms with Crippen molar-refractivity contribution >= 4 is 41.1 Å². The average Bonchev–Trinajstić information content (AvgIpc) is 3.81. The van der Waals surface area contributed by atoms with E-state index in [4.69, 9.17) is 29.0 Å². The standard InChI is InChI=1S/C30H37N8O11PS/c1-45-24-23(19(14-39)46-28(24)37-11-9-20(41)36-30(37)43)48-50(44,51-12-6-5-10-32-27(42)17-7-3-2-4-8-17)49-29-18(40)13-21(47-29)38-16-35-22-25(31)33-15-34-26(22)38/h2-4,7-9,11,15-16,18-19,21,23-24,28-29,39-40H,5-6,10,12-14H2,1H3,(H,32,42)(H2,31,33,34)(H,36,41,43)/t18-,19-,21-,23?,24+,28-,29-,50?/m1/s1. The number of unbranched alkanes of at least 4 members (excludes halogenated alkanes) is 1. The molecule has 8 atom stereocenters. The van der Waals surface area contributed by atoms with E-state index in [0.29, 0.717) is 36.1 Å². The summed E-state index contributed by atoms with van der Waals surface area (Å²) in [5, 5.41) is 24.1. The Balaban J connectivity index is 1.18. The minimum Gasteiger partial charge on any atom is -0.394 e. The van der Waals surface area contributed by atoms with Crippen LogP contribution in [-0.4, -0.2) is 102 Å². The number of ether oxygens (including phenoxy) is 3. The van der Waals surface area contributed by atoms with E-state index >= 15 is 0 Å². The molecule has 274 valence electrons. The molecule has 4 aromatic rings. The summed E-state index contributed by atoms with van der Waals surface area (Å²) in [6, 6.07) is 9.88. The Morgan fingerprint density at radius 1 is 1.12 bits per heavy atom. The van der Waals surface area contributed by atoms with Crippen LogP contribution in [0.3, 0.4) is 0 Å². The predicted octanol–water partition coefficient (Wildman–Crippen LogP) is 0.923. The number of anilines is 1. The number of carbonyl (C=O) groups is 1. The zero-order chi connectivity index (χ0) is 36.1. The largest absolute Gasteiger partial charge is 0.394 e. The van der Waals surface area contributed by atoms with Crippen LogP contribution in [-0.2, 0) is 27.8 Å². The zero-order valence-electron chi connectivity index (χ0n) is 27.2. The maximum atomic E-state index is 14.6. The van der Waals surface area contributed by atoms with Gasteiger partial charge in [-0.05, 0) is 36.4 Å². The van der Waals surface area contributed by atoms with Gasteiger partial charge >= 0.3 is 12.5 Å². The van der Waals surface area contributed by atoms with E-state index in [-0.39, 0.29) is 23.9 Å². The third-order valence-corrected chi connectivity index (χ3v) is 12.0. The molecule has 0 saturated carbocycles. The van der Waals surface area contributed by atoms with E-state index in [2.05, 4.69) is 25.3 Å². The fraction of sp³-hybridized carbons (Fsp3) is 0.467. The number of hydrogen-bond donors (Lipinski definition) is 5. The number of aromatic nitrogens is 6. The van der Waals surface area contributed by atoms with Gasteiger partial charge in [-0.15, -0.1) is 0 Å². The number of fused-ring (bicyclic) bond motifs is 1. The lowest BCUT2D eigenvalue weighted by Gasteiger charge is -2.29. The summed E-state index contributed by atoms with van der Waals surface area (Å²) in [5.41, 5.74) is 5.71. The van der Waals surface area contributed by atoms with E-state index in [1.165, 1.54) is 26.0 Å². The molecule has 1 aromatic carbocycles. The van der Waals surface area contributed by atoms with Gasteiger partial charge in [0.05, 0.1) is 12.9 Å². The van der Waals surface area contributed by atoms with Crippen molar-refractivity contribution in [3.8, 4) is 0 Å². The predicted molar refractivity (Wildman–Crippen MR) is 181 cm³/mol. The summed E-state index contributed by atoms with van der Waals surface area (Å²) in [6.45, 7) is -4.58. The normalized spacial score (nSPS) is 26.0. The summed E-state index contributed by atoms with van der Waals surface area (Å²) < 4.78 is 46.8. The molecule has 3 aromatic heterocycles. The second kappa shape index (κ2) is 16.1. The van der Waals surface area contributed by atoms with Crippen LogP contribution >= 0.6 is 18.2 Å². The second-order valence-corrected chi connectivity index (χ2v) is 15.7. The molecule has 0 radical (unpaired) electrons. The van der Waals surface area contributed by atoms with Crippen LogP contribution in [0.2, 0.25) is 0 Å². The molecule has 2 fully saturated rings. The second-order valence-electron chi connectivity index (χ2n) is 11.6. The van der Waals surface area contributed by atoms with Gasteiger partial charge in [0.25, 0.3) is 11.5 Å². The van der Waals surface area contributed by atoms with Crippen molar-refractivity contribution in [2.75, 3.05) is 31.7 Å². The van der Waals surface area contributed by atoms with Crippen LogP contribution in [0.5, 0.6) is 0 Å². The van der Waals surface area contributed by atoms with E-state index in [1.807, 2.05) is 6.07 Å². The number of nitrogens with one attached hydrogen (secondary N) is 2. The Labute approximate surface area is 293 Å². The van der Waals surface area contributed by atoms with Crippen molar-refractivity contribution in [2.45, 2.75) is 62.4 Å². The van der Waals surface area contributed by atoms with Gasteiger partial charge in [0.15, 0.2) is 24.0 Å². The van der Waals surface area contributed by atoms with Gasteiger partial charge in [-0.25, -0.2) is 24.3 Å². The Morgan fingerprint density at radius 3 is 2.67 bits per heavy atom. The molecular formula is C30H37N8O11PS. The first-order chi connectivity index (χ1) is 24.6. The highest BCUT2D eigenvalue weighted by molar-refractivity contribution is 8.55. The van der Waals surface area contributed by atoms with Crippen LogP contribution in [0.25, 0.3) is 11.2 Å². The Kier molecular flexibility index (Phi) is 11.6. The van der Waals surface area contributed by atoms with Crippen molar-refractivity contribution in [1.29, 1.82) is 0 Å². The van der Waals surface area contributed by atoms with E-state index < -0.39 is 67.8 Å². The van der Waals surface area contributed by atoms with Crippen molar-refractivity contribution in [1.82, 2.24) is 34.4 Å². The molecule has 2 saturated heterocycles. The van der Waals surface area contributed by atoms with Crippen molar-refractivity contribution in [3.05, 3.63) is 81.7 Å². The molecule has 1 amide bonds. The lowest BCUT2D eigenvalue weighted by molar-refractivity contribution is -0.131. The highest BCUT2D eigenvalue weighted by Crippen LogP contribution is 2.64. The minimum atomic E-state index is -4.31. The number of nitrogens with two attached hydrogens (primary N) is 1. The molecule has 6 N–H and O–H groups in total. The Bertz CT molecular complexity index is 1980. The highest BCUT2D eigenvalue weighted by Gasteiger charge is 2.52. The van der Waals surface area contributed by atoms with Gasteiger partial charge in [-0.2, -0.15) is 0 Å². The number of methoxy groups -OCH3 is 1. The molecule has 21 heteroatoms. The first-order valence-electron chi connectivity index (χ1n) is 15.9. The summed E-state index contributed by atoms with van der Waals surface area (Å²) in [4.78, 5) is 51.2. The summed E-state index contributed by atoms with van der Waals surface area (Å²) in [7, 11) is 1.32. The average molecular weight is 749 g/mol. The third-order valence-electron chi connectivity index (χ3n) is 8.23. The molecule has 6 rings (SSSR count). The number of nitrogen functional groups attached to an aromatic ring is 1. The SMILES string of the molecule is CO[C@H]1C(OP(=O)(O[C@H]2O[C@@H](n3cnc4c(N)ncnc43)C[C@H]2O)SCCCCNC(=O)c2ccccc2)[C@@H](CO)O[C@H]1n1ccc(=O)[nH]c1=O. The smallest absolute Gasteiger partial charge is 0.391 e. The number of imidazole rings is 1. The quantitative estimate of drug-likeness (QED) is 0.0837. The number of rotatable bonds is 15. The Hall–Kier alpha value is -3.98. The molecule has 0 spiro atoms. The lowest BCUT2D eigenvalue weighted by atomic mass is 10.1. The first kappa shape index (κ1) is 36.8. The highest BCUT2D eigenvalue weighted by atomic mass is 32.7. The van der Waals surface area contributed by atoms with Gasteiger partial charge in [0.1, 0.15) is 42.5 Å². The van der Waals surface area contributed by atoms with Gasteiger partial charge in [0, 0.05) is 43.7 Å². The Morgan fingerprint density at radius 2 is 1.92 bits per heavy atom. The summed E-state index contributed by atoms with van der Waals surface area (Å²) in [6.07, 6.45) is -3.32. The molecule has 0 aliphatic carbocycles. The molecule has 51 heavy (non-hydrogen) atoms. The van der Waals surface area contributed by atoms with Gasteiger partial charge in [0.2, 0.25) is 0 Å². The first-order valence-corrected chi connectivity index (χ1v) is 19.1. The summed E-state index contributed by atoms with van der Waals surface area (Å²) in [5.74, 6) is 0.164. The molecular weight excluding hydrogens is 711 g/mol. The number of aliphatic hydroxyl groups is 2. The number of nitrogens with zero attached hydrogens (tertiary/aromatic N) is 5. The molecule has 2 aliphatic heterocycles. The van der Waals surface area contributed by atoms with Crippen molar-refractivity contribution < 1.29 is 42.8 Å². The maximum absolute atomic E-state index is 14.6. The number of H-pyrrole nitrogens is 1. The molecule has 19 nitrogen and oxygen atoms in total. The number of hydrogen-bond acceptors (Lipinski definition) is 16. The molecule has 0 bridgehead atoms. The topological polar surface area (TPSA) is 257 Å². The van der Waals surface area contributed by atoms with Crippen molar-refractivity contribution in [2.24, 2.45) is 0 Å². The van der Waals surface area contributed by atoms with E-state index in [0.717, 1.165) is 22.0 Å². The fourth-order valence-corrected chi connectivity index (χ4v) is 9.42. The number of aliphatic hydroxyl groups excluding tert-OH is 2. The third kappa shape index (κ3) is 8.24. The van der Waals surface area contributed by atoms with Gasteiger partial charge in [-0.3, -0.25) is 32.8 Å². The molecule has 5 heterocycles. The van der Waals surface area contributed by atoms with Crippen LogP contribution in [0.1, 0.15) is 42.1 Å². The van der Waals surface area contributed by atoms with Crippen LogP contribution in [0.15, 0.2) is 64.8 Å². The van der Waals surface area contributed by atoms with Crippen LogP contribution in [0, 0.1) is 0 Å². The van der Waals surface area contributed by atoms with Gasteiger partial charge < -0.3 is 35.5 Å². The summed E-state index contributed by atoms with van der Waals surface area (Å²) >= 11 is 0.827. The van der Waals surface area contributed by atoms with E-state index in [9.17, 15) is 29.2 Å².